The van der Waals surface area contributed by atoms with Crippen LogP contribution in [-0.2, 0) is 4.79 Å². The van der Waals surface area contributed by atoms with Gasteiger partial charge in [0.25, 0.3) is 0 Å². The average Bonchev–Trinajstić information content (AvgIpc) is 2.27. The summed E-state index contributed by atoms with van der Waals surface area (Å²) in [5, 5.41) is 0. The molecule has 0 aromatic heterocycles. The predicted molar refractivity (Wildman–Crippen MR) is 68.7 cm³/mol. The third-order valence-corrected chi connectivity index (χ3v) is 3.11. The molecule has 1 rings (SSSR count). The Balaban J connectivity index is 2.86. The predicted octanol–water partition coefficient (Wildman–Crippen LogP) is 3.27. The molecule has 0 radical (unpaired) electrons. The molecule has 0 heterocycles. The fourth-order valence-electron chi connectivity index (χ4n) is 1.63. The van der Waals surface area contributed by atoms with Gasteiger partial charge in [-0.2, -0.15) is 0 Å². The molecule has 3 heteroatoms. The van der Waals surface area contributed by atoms with E-state index in [1.54, 1.807) is 19.1 Å². The Kier molecular flexibility index (Phi) is 4.27. The van der Waals surface area contributed by atoms with Gasteiger partial charge in [-0.15, -0.1) is 0 Å². The van der Waals surface area contributed by atoms with Crippen molar-refractivity contribution in [1.29, 1.82) is 0 Å². The minimum absolute atomic E-state index is 0.165. The summed E-state index contributed by atoms with van der Waals surface area (Å²) in [5.41, 5.74) is 0.563. The van der Waals surface area contributed by atoms with Crippen molar-refractivity contribution < 1.29 is 9.18 Å². The molecule has 0 atom stereocenters. The summed E-state index contributed by atoms with van der Waals surface area (Å²) in [6, 6.07) is 6.38. The van der Waals surface area contributed by atoms with Gasteiger partial charge < -0.3 is 4.90 Å². The van der Waals surface area contributed by atoms with Gasteiger partial charge in [0.05, 0.1) is 0 Å². The standard InChI is InChI=1S/C14H20FNO/c1-5-16(10-14(3,4)11(2)17)13-8-6-12(15)7-9-13/h6-9H,5,10H2,1-4H3. The molecular formula is C14H20FNO. The second-order valence-corrected chi connectivity index (χ2v) is 4.93. The number of rotatable bonds is 5. The number of hydrogen-bond acceptors (Lipinski definition) is 2. The van der Waals surface area contributed by atoms with Crippen LogP contribution in [0, 0.1) is 11.2 Å². The van der Waals surface area contributed by atoms with E-state index in [1.807, 2.05) is 20.8 Å². The van der Waals surface area contributed by atoms with E-state index < -0.39 is 0 Å². The van der Waals surface area contributed by atoms with Crippen LogP contribution < -0.4 is 4.90 Å². The van der Waals surface area contributed by atoms with Crippen molar-refractivity contribution in [1.82, 2.24) is 0 Å². The van der Waals surface area contributed by atoms with Crippen molar-refractivity contribution in [3.63, 3.8) is 0 Å². The van der Waals surface area contributed by atoms with E-state index >= 15 is 0 Å². The number of halogens is 1. The normalized spacial score (nSPS) is 11.4. The molecule has 94 valence electrons. The molecule has 0 amide bonds. The number of benzene rings is 1. The first-order valence-electron chi connectivity index (χ1n) is 5.88. The average molecular weight is 237 g/mol. The molecule has 0 aliphatic carbocycles. The summed E-state index contributed by atoms with van der Waals surface area (Å²) in [6.07, 6.45) is 0. The molecule has 0 bridgehead atoms. The van der Waals surface area contributed by atoms with Gasteiger partial charge in [0.1, 0.15) is 11.6 Å². The molecule has 1 aromatic rings. The minimum Gasteiger partial charge on any atom is -0.371 e. The summed E-state index contributed by atoms with van der Waals surface area (Å²) in [5.74, 6) is -0.0753. The van der Waals surface area contributed by atoms with Crippen molar-refractivity contribution in [3.05, 3.63) is 30.1 Å². The first kappa shape index (κ1) is 13.7. The zero-order valence-electron chi connectivity index (χ0n) is 11.0. The molecule has 0 fully saturated rings. The third kappa shape index (κ3) is 3.55. The van der Waals surface area contributed by atoms with Crippen molar-refractivity contribution in [2.45, 2.75) is 27.7 Å². The van der Waals surface area contributed by atoms with Crippen molar-refractivity contribution in [2.24, 2.45) is 5.41 Å². The Labute approximate surface area is 102 Å². The Morgan fingerprint density at radius 2 is 1.82 bits per heavy atom. The van der Waals surface area contributed by atoms with E-state index in [1.165, 1.54) is 12.1 Å². The SMILES string of the molecule is CCN(CC(C)(C)C(C)=O)c1ccc(F)cc1. The van der Waals surface area contributed by atoms with E-state index in [9.17, 15) is 9.18 Å². The van der Waals surface area contributed by atoms with Crippen LogP contribution in [0.1, 0.15) is 27.7 Å². The van der Waals surface area contributed by atoms with Gasteiger partial charge in [0.15, 0.2) is 0 Å². The summed E-state index contributed by atoms with van der Waals surface area (Å²) in [4.78, 5) is 13.6. The maximum Gasteiger partial charge on any atom is 0.137 e. The maximum atomic E-state index is 12.8. The number of ketones is 1. The molecule has 2 nitrogen and oxygen atoms in total. The zero-order valence-corrected chi connectivity index (χ0v) is 11.0. The number of nitrogens with zero attached hydrogens (tertiary/aromatic N) is 1. The molecule has 0 unspecified atom stereocenters. The molecule has 0 saturated heterocycles. The highest BCUT2D eigenvalue weighted by Gasteiger charge is 2.26. The van der Waals surface area contributed by atoms with Crippen LogP contribution in [0.3, 0.4) is 0 Å². The van der Waals surface area contributed by atoms with Crippen LogP contribution in [0.2, 0.25) is 0 Å². The van der Waals surface area contributed by atoms with Crippen LogP contribution >= 0.6 is 0 Å². The van der Waals surface area contributed by atoms with Gasteiger partial charge in [-0.3, -0.25) is 4.79 Å². The number of carbonyl (C=O) groups is 1. The fourth-order valence-corrected chi connectivity index (χ4v) is 1.63. The second kappa shape index (κ2) is 5.30. The fraction of sp³-hybridized carbons (Fsp3) is 0.500. The van der Waals surface area contributed by atoms with E-state index in [0.29, 0.717) is 6.54 Å². The van der Waals surface area contributed by atoms with Gasteiger partial charge >= 0.3 is 0 Å². The summed E-state index contributed by atoms with van der Waals surface area (Å²) >= 11 is 0. The van der Waals surface area contributed by atoms with E-state index in [-0.39, 0.29) is 17.0 Å². The Bertz CT molecular complexity index is 384. The lowest BCUT2D eigenvalue weighted by molar-refractivity contribution is -0.124. The second-order valence-electron chi connectivity index (χ2n) is 4.93. The Hall–Kier alpha value is -1.38. The minimum atomic E-state index is -0.385. The molecule has 0 aliphatic heterocycles. The van der Waals surface area contributed by atoms with Crippen LogP contribution in [0.25, 0.3) is 0 Å². The zero-order chi connectivity index (χ0) is 13.1. The lowest BCUT2D eigenvalue weighted by Gasteiger charge is -2.31. The summed E-state index contributed by atoms with van der Waals surface area (Å²) < 4.78 is 12.8. The lowest BCUT2D eigenvalue weighted by atomic mass is 9.88. The van der Waals surface area contributed by atoms with Crippen LogP contribution in [-0.4, -0.2) is 18.9 Å². The van der Waals surface area contributed by atoms with Crippen molar-refractivity contribution >= 4 is 11.5 Å². The first-order valence-corrected chi connectivity index (χ1v) is 5.88. The van der Waals surface area contributed by atoms with Crippen molar-refractivity contribution in [2.75, 3.05) is 18.0 Å². The molecule has 1 aromatic carbocycles. The highest BCUT2D eigenvalue weighted by molar-refractivity contribution is 5.82. The van der Waals surface area contributed by atoms with Gasteiger partial charge in [-0.25, -0.2) is 4.39 Å². The third-order valence-electron chi connectivity index (χ3n) is 3.11. The van der Waals surface area contributed by atoms with Crippen LogP contribution in [0.4, 0.5) is 10.1 Å². The lowest BCUT2D eigenvalue weighted by Crippen LogP contribution is -2.38. The largest absolute Gasteiger partial charge is 0.371 e. The first-order chi connectivity index (χ1) is 7.86. The molecule has 0 saturated carbocycles. The molecule has 0 spiro atoms. The number of Topliss-reactive ketones (excluding diaryl/α,β-unsaturated/α-hetero) is 1. The monoisotopic (exact) mass is 237 g/mol. The maximum absolute atomic E-state index is 12.8. The van der Waals surface area contributed by atoms with Gasteiger partial charge in [-0.1, -0.05) is 13.8 Å². The summed E-state index contributed by atoms with van der Waals surface area (Å²) in [7, 11) is 0. The number of hydrogen-bond donors (Lipinski definition) is 0. The number of anilines is 1. The molecule has 0 N–H and O–H groups in total. The Morgan fingerprint density at radius 1 is 1.29 bits per heavy atom. The number of carbonyl (C=O) groups excluding carboxylic acids is 1. The molecular weight excluding hydrogens is 217 g/mol. The van der Waals surface area contributed by atoms with Gasteiger partial charge in [-0.05, 0) is 38.1 Å². The molecule has 0 aliphatic rings. The Morgan fingerprint density at radius 3 is 2.24 bits per heavy atom. The van der Waals surface area contributed by atoms with Crippen LogP contribution in [0.15, 0.2) is 24.3 Å². The van der Waals surface area contributed by atoms with Gasteiger partial charge in [0.2, 0.25) is 0 Å². The van der Waals surface area contributed by atoms with E-state index in [2.05, 4.69) is 4.90 Å². The smallest absolute Gasteiger partial charge is 0.137 e. The summed E-state index contributed by atoms with van der Waals surface area (Å²) in [6.45, 7) is 8.94. The topological polar surface area (TPSA) is 20.3 Å². The quantitative estimate of drug-likeness (QED) is 0.783. The van der Waals surface area contributed by atoms with Gasteiger partial charge in [0, 0.05) is 24.2 Å². The highest BCUT2D eigenvalue weighted by Crippen LogP contribution is 2.23. The highest BCUT2D eigenvalue weighted by atomic mass is 19.1. The molecule has 17 heavy (non-hydrogen) atoms. The van der Waals surface area contributed by atoms with Crippen LogP contribution in [0.5, 0.6) is 0 Å². The van der Waals surface area contributed by atoms with Crippen molar-refractivity contribution in [3.8, 4) is 0 Å². The van der Waals surface area contributed by atoms with E-state index in [0.717, 1.165) is 12.2 Å². The van der Waals surface area contributed by atoms with E-state index in [4.69, 9.17) is 0 Å².